The SMILES string of the molecule is CCN(C(=O)C(C)SCc1c(C)noc1C)c1ccccc1. The second-order valence-electron chi connectivity index (χ2n) is 5.17. The van der Waals surface area contributed by atoms with Gasteiger partial charge in [-0.25, -0.2) is 0 Å². The molecule has 1 aromatic carbocycles. The van der Waals surface area contributed by atoms with Gasteiger partial charge in [0.15, 0.2) is 0 Å². The Morgan fingerprint density at radius 1 is 1.32 bits per heavy atom. The van der Waals surface area contributed by atoms with E-state index in [1.165, 1.54) is 0 Å². The first-order valence-corrected chi connectivity index (χ1v) is 8.49. The van der Waals surface area contributed by atoms with Crippen LogP contribution in [-0.4, -0.2) is 22.9 Å². The number of hydrogen-bond acceptors (Lipinski definition) is 4. The van der Waals surface area contributed by atoms with Crippen molar-refractivity contribution in [3.63, 3.8) is 0 Å². The van der Waals surface area contributed by atoms with E-state index in [-0.39, 0.29) is 11.2 Å². The van der Waals surface area contributed by atoms with Crippen molar-refractivity contribution >= 4 is 23.4 Å². The average molecular weight is 318 g/mol. The van der Waals surface area contributed by atoms with E-state index in [0.29, 0.717) is 6.54 Å². The minimum absolute atomic E-state index is 0.117. The number of para-hydroxylation sites is 1. The minimum atomic E-state index is -0.117. The summed E-state index contributed by atoms with van der Waals surface area (Å²) in [5.41, 5.74) is 2.94. The highest BCUT2D eigenvalue weighted by Crippen LogP contribution is 2.25. The smallest absolute Gasteiger partial charge is 0.239 e. The number of carbonyl (C=O) groups excluding carboxylic acids is 1. The van der Waals surface area contributed by atoms with E-state index in [1.54, 1.807) is 11.8 Å². The molecule has 0 saturated carbocycles. The highest BCUT2D eigenvalue weighted by Gasteiger charge is 2.22. The molecule has 118 valence electrons. The Morgan fingerprint density at radius 2 is 2.00 bits per heavy atom. The second kappa shape index (κ2) is 7.49. The first-order chi connectivity index (χ1) is 10.5. The van der Waals surface area contributed by atoms with Crippen LogP contribution in [0.15, 0.2) is 34.9 Å². The monoisotopic (exact) mass is 318 g/mol. The first-order valence-electron chi connectivity index (χ1n) is 7.44. The zero-order chi connectivity index (χ0) is 16.1. The molecule has 0 aliphatic heterocycles. The van der Waals surface area contributed by atoms with Gasteiger partial charge in [0, 0.05) is 23.5 Å². The van der Waals surface area contributed by atoms with Gasteiger partial charge in [-0.1, -0.05) is 23.4 Å². The highest BCUT2D eigenvalue weighted by atomic mass is 32.2. The van der Waals surface area contributed by atoms with Crippen LogP contribution in [0.25, 0.3) is 0 Å². The van der Waals surface area contributed by atoms with Gasteiger partial charge in [-0.15, -0.1) is 11.8 Å². The molecule has 1 aromatic heterocycles. The Hall–Kier alpha value is -1.75. The van der Waals surface area contributed by atoms with Gasteiger partial charge < -0.3 is 9.42 Å². The van der Waals surface area contributed by atoms with Crippen LogP contribution in [0.5, 0.6) is 0 Å². The van der Waals surface area contributed by atoms with Gasteiger partial charge in [-0.05, 0) is 39.8 Å². The fraction of sp³-hybridized carbons (Fsp3) is 0.412. The van der Waals surface area contributed by atoms with Gasteiger partial charge in [0.25, 0.3) is 0 Å². The summed E-state index contributed by atoms with van der Waals surface area (Å²) in [5.74, 6) is 1.70. The number of nitrogens with zero attached hydrogens (tertiary/aromatic N) is 2. The second-order valence-corrected chi connectivity index (χ2v) is 6.50. The third-order valence-corrected chi connectivity index (χ3v) is 4.81. The maximum Gasteiger partial charge on any atom is 0.239 e. The summed E-state index contributed by atoms with van der Waals surface area (Å²) < 4.78 is 5.17. The summed E-state index contributed by atoms with van der Waals surface area (Å²) in [4.78, 5) is 14.5. The van der Waals surface area contributed by atoms with Crippen LogP contribution in [0.2, 0.25) is 0 Å². The Bertz CT molecular complexity index is 605. The lowest BCUT2D eigenvalue weighted by molar-refractivity contribution is -0.117. The van der Waals surface area contributed by atoms with Crippen LogP contribution >= 0.6 is 11.8 Å². The summed E-state index contributed by atoms with van der Waals surface area (Å²) in [6.45, 7) is 8.46. The van der Waals surface area contributed by atoms with Crippen molar-refractivity contribution in [1.29, 1.82) is 0 Å². The van der Waals surface area contributed by atoms with Crippen LogP contribution in [0.3, 0.4) is 0 Å². The third kappa shape index (κ3) is 3.71. The molecule has 1 unspecified atom stereocenters. The molecule has 22 heavy (non-hydrogen) atoms. The molecule has 1 atom stereocenters. The maximum absolute atomic E-state index is 12.7. The molecular formula is C17H22N2O2S. The molecule has 0 bridgehead atoms. The van der Waals surface area contributed by atoms with Crippen LogP contribution < -0.4 is 4.90 Å². The van der Waals surface area contributed by atoms with Gasteiger partial charge >= 0.3 is 0 Å². The van der Waals surface area contributed by atoms with Gasteiger partial charge in [0.2, 0.25) is 5.91 Å². The summed E-state index contributed by atoms with van der Waals surface area (Å²) in [7, 11) is 0. The lowest BCUT2D eigenvalue weighted by atomic mass is 10.2. The van der Waals surface area contributed by atoms with E-state index in [0.717, 1.165) is 28.5 Å². The standard InChI is InChI=1S/C17H22N2O2S/c1-5-19(15-9-7-6-8-10-15)17(20)14(4)22-11-16-12(2)18-21-13(16)3/h6-10,14H,5,11H2,1-4H3. The topological polar surface area (TPSA) is 46.3 Å². The van der Waals surface area contributed by atoms with Crippen molar-refractivity contribution in [2.45, 2.75) is 38.7 Å². The van der Waals surface area contributed by atoms with Gasteiger partial charge in [0.1, 0.15) is 5.76 Å². The van der Waals surface area contributed by atoms with Crippen LogP contribution in [-0.2, 0) is 10.5 Å². The van der Waals surface area contributed by atoms with Crippen molar-refractivity contribution in [3.8, 4) is 0 Å². The number of thioether (sulfide) groups is 1. The fourth-order valence-electron chi connectivity index (χ4n) is 2.28. The number of anilines is 1. The summed E-state index contributed by atoms with van der Waals surface area (Å²) >= 11 is 1.62. The largest absolute Gasteiger partial charge is 0.361 e. The van der Waals surface area contributed by atoms with Crippen molar-refractivity contribution in [2.75, 3.05) is 11.4 Å². The average Bonchev–Trinajstić information content (AvgIpc) is 2.85. The predicted molar refractivity (Wildman–Crippen MR) is 91.2 cm³/mol. The van der Waals surface area contributed by atoms with E-state index in [1.807, 2.05) is 62.9 Å². The van der Waals surface area contributed by atoms with Gasteiger partial charge in [-0.2, -0.15) is 0 Å². The number of hydrogen-bond donors (Lipinski definition) is 0. The van der Waals surface area contributed by atoms with E-state index in [9.17, 15) is 4.79 Å². The number of aromatic nitrogens is 1. The zero-order valence-corrected chi connectivity index (χ0v) is 14.3. The molecule has 0 radical (unpaired) electrons. The minimum Gasteiger partial charge on any atom is -0.361 e. The van der Waals surface area contributed by atoms with E-state index in [2.05, 4.69) is 5.16 Å². The molecule has 2 aromatic rings. The Balaban J connectivity index is 2.02. The summed E-state index contributed by atoms with van der Waals surface area (Å²) in [6, 6.07) is 9.79. The normalized spacial score (nSPS) is 12.2. The van der Waals surface area contributed by atoms with Gasteiger partial charge in [-0.3, -0.25) is 4.79 Å². The maximum atomic E-state index is 12.7. The molecule has 0 spiro atoms. The number of amides is 1. The van der Waals surface area contributed by atoms with Crippen molar-refractivity contribution in [1.82, 2.24) is 5.16 Å². The van der Waals surface area contributed by atoms with Crippen molar-refractivity contribution < 1.29 is 9.32 Å². The Labute approximate surface area is 135 Å². The first kappa shape index (κ1) is 16.6. The number of aryl methyl sites for hydroxylation is 2. The number of carbonyl (C=O) groups is 1. The van der Waals surface area contributed by atoms with Gasteiger partial charge in [0.05, 0.1) is 10.9 Å². The lowest BCUT2D eigenvalue weighted by Crippen LogP contribution is -2.36. The zero-order valence-electron chi connectivity index (χ0n) is 13.5. The predicted octanol–water partition coefficient (Wildman–Crippen LogP) is 3.97. The fourth-order valence-corrected chi connectivity index (χ4v) is 3.38. The highest BCUT2D eigenvalue weighted by molar-refractivity contribution is 7.99. The molecule has 1 amide bonds. The molecular weight excluding hydrogens is 296 g/mol. The van der Waals surface area contributed by atoms with Crippen molar-refractivity contribution in [3.05, 3.63) is 47.3 Å². The van der Waals surface area contributed by atoms with Crippen LogP contribution in [0.4, 0.5) is 5.69 Å². The lowest BCUT2D eigenvalue weighted by Gasteiger charge is -2.24. The quantitative estimate of drug-likeness (QED) is 0.808. The summed E-state index contributed by atoms with van der Waals surface area (Å²) in [5, 5.41) is 3.84. The molecule has 0 aliphatic carbocycles. The molecule has 0 saturated heterocycles. The summed E-state index contributed by atoms with van der Waals surface area (Å²) in [6.07, 6.45) is 0. The molecule has 2 rings (SSSR count). The third-order valence-electron chi connectivity index (χ3n) is 3.66. The number of benzene rings is 1. The molecule has 1 heterocycles. The van der Waals surface area contributed by atoms with E-state index < -0.39 is 0 Å². The van der Waals surface area contributed by atoms with Crippen LogP contribution in [0.1, 0.15) is 30.9 Å². The van der Waals surface area contributed by atoms with E-state index in [4.69, 9.17) is 4.52 Å². The Kier molecular flexibility index (Phi) is 5.66. The van der Waals surface area contributed by atoms with E-state index >= 15 is 0 Å². The molecule has 0 fully saturated rings. The number of rotatable bonds is 6. The Morgan fingerprint density at radius 3 is 2.55 bits per heavy atom. The van der Waals surface area contributed by atoms with Crippen LogP contribution in [0, 0.1) is 13.8 Å². The molecule has 5 heteroatoms. The molecule has 0 N–H and O–H groups in total. The molecule has 0 aliphatic rings. The van der Waals surface area contributed by atoms with Crippen molar-refractivity contribution in [2.24, 2.45) is 0 Å². The molecule has 4 nitrogen and oxygen atoms in total.